The molecule has 0 spiro atoms. The van der Waals surface area contributed by atoms with Crippen molar-refractivity contribution >= 4 is 11.8 Å². The molecule has 1 aromatic carbocycles. The fourth-order valence-electron chi connectivity index (χ4n) is 2.11. The molecule has 126 valence electrons. The van der Waals surface area contributed by atoms with E-state index in [9.17, 15) is 15.0 Å². The van der Waals surface area contributed by atoms with E-state index in [1.54, 1.807) is 45.0 Å². The number of amides is 1. The van der Waals surface area contributed by atoms with Gasteiger partial charge in [-0.05, 0) is 38.5 Å². The smallest absolute Gasteiger partial charge is 0.412 e. The highest BCUT2D eigenvalue weighted by Crippen LogP contribution is 2.33. The van der Waals surface area contributed by atoms with E-state index in [2.05, 4.69) is 5.32 Å². The van der Waals surface area contributed by atoms with Gasteiger partial charge in [-0.15, -0.1) is 0 Å². The van der Waals surface area contributed by atoms with Crippen LogP contribution in [0.25, 0.3) is 0 Å². The van der Waals surface area contributed by atoms with Crippen molar-refractivity contribution in [2.24, 2.45) is 0 Å². The summed E-state index contributed by atoms with van der Waals surface area (Å²) >= 11 is 0. The first-order valence-corrected chi connectivity index (χ1v) is 7.30. The number of hydrogen-bond donors (Lipinski definition) is 3. The van der Waals surface area contributed by atoms with E-state index < -0.39 is 11.7 Å². The normalized spacial score (nSPS) is 10.9. The Morgan fingerprint density at radius 2 is 2.04 bits per heavy atom. The lowest BCUT2D eigenvalue weighted by atomic mass is 10.1. The maximum Gasteiger partial charge on any atom is 0.412 e. The van der Waals surface area contributed by atoms with Crippen LogP contribution in [0.1, 0.15) is 31.9 Å². The molecular formula is C17H19N3O4. The summed E-state index contributed by atoms with van der Waals surface area (Å²) in [7, 11) is 0. The summed E-state index contributed by atoms with van der Waals surface area (Å²) in [6.45, 7) is 5.30. The average molecular weight is 329 g/mol. The second kappa shape index (κ2) is 6.54. The number of carbonyl (C=O) groups is 1. The fourth-order valence-corrected chi connectivity index (χ4v) is 2.11. The predicted molar refractivity (Wildman–Crippen MR) is 87.9 cm³/mol. The number of ether oxygens (including phenoxy) is 1. The molecule has 0 saturated carbocycles. The first kappa shape index (κ1) is 17.2. The Bertz CT molecular complexity index is 797. The van der Waals surface area contributed by atoms with Crippen LogP contribution in [0, 0.1) is 11.3 Å². The quantitative estimate of drug-likeness (QED) is 0.801. The van der Waals surface area contributed by atoms with E-state index in [0.717, 1.165) is 5.56 Å². The molecule has 3 N–H and O–H groups in total. The van der Waals surface area contributed by atoms with E-state index in [1.165, 1.54) is 10.6 Å². The van der Waals surface area contributed by atoms with Crippen LogP contribution in [-0.2, 0) is 11.3 Å². The zero-order valence-corrected chi connectivity index (χ0v) is 13.7. The Hall–Kier alpha value is -3.14. The highest BCUT2D eigenvalue weighted by Gasteiger charge is 2.20. The van der Waals surface area contributed by atoms with Gasteiger partial charge in [0.1, 0.15) is 11.3 Å². The number of aromatic hydroxyl groups is 2. The molecular weight excluding hydrogens is 310 g/mol. The van der Waals surface area contributed by atoms with Crippen LogP contribution < -0.4 is 5.32 Å². The Balaban J connectivity index is 2.20. The molecule has 0 fully saturated rings. The molecule has 0 saturated heterocycles. The van der Waals surface area contributed by atoms with E-state index in [4.69, 9.17) is 10.00 Å². The minimum absolute atomic E-state index is 0.0400. The van der Waals surface area contributed by atoms with Gasteiger partial charge in [-0.3, -0.25) is 9.88 Å². The largest absolute Gasteiger partial charge is 0.494 e. The number of aromatic nitrogens is 1. The molecule has 7 heteroatoms. The molecule has 0 bridgehead atoms. The highest BCUT2D eigenvalue weighted by molar-refractivity contribution is 5.87. The molecule has 1 amide bonds. The standard InChI is InChI=1S/C17H19N3O4/c1-17(2,3)24-16(23)19-13-8-14(21)20(15(13)22)10-12-6-4-5-11(7-12)9-18/h4-8,21-22H,10H2,1-3H3,(H,19,23). The van der Waals surface area contributed by atoms with Crippen LogP contribution in [0.3, 0.4) is 0 Å². The van der Waals surface area contributed by atoms with Crippen molar-refractivity contribution in [2.75, 3.05) is 5.32 Å². The van der Waals surface area contributed by atoms with Crippen molar-refractivity contribution in [1.82, 2.24) is 4.57 Å². The van der Waals surface area contributed by atoms with E-state index in [1.807, 2.05) is 6.07 Å². The lowest BCUT2D eigenvalue weighted by Gasteiger charge is -2.19. The predicted octanol–water partition coefficient (Wildman–Crippen LogP) is 3.17. The van der Waals surface area contributed by atoms with Crippen molar-refractivity contribution in [1.29, 1.82) is 5.26 Å². The summed E-state index contributed by atoms with van der Waals surface area (Å²) < 4.78 is 6.32. The van der Waals surface area contributed by atoms with Gasteiger partial charge in [-0.25, -0.2) is 4.79 Å². The number of anilines is 1. The Kier molecular flexibility index (Phi) is 4.69. The van der Waals surface area contributed by atoms with Gasteiger partial charge in [0.15, 0.2) is 5.88 Å². The van der Waals surface area contributed by atoms with Crippen molar-refractivity contribution in [3.63, 3.8) is 0 Å². The Morgan fingerprint density at radius 3 is 2.67 bits per heavy atom. The lowest BCUT2D eigenvalue weighted by molar-refractivity contribution is 0.0635. The number of nitriles is 1. The molecule has 24 heavy (non-hydrogen) atoms. The molecule has 0 aliphatic heterocycles. The minimum Gasteiger partial charge on any atom is -0.494 e. The lowest BCUT2D eigenvalue weighted by Crippen LogP contribution is -2.27. The number of benzene rings is 1. The van der Waals surface area contributed by atoms with Crippen molar-refractivity contribution in [3.8, 4) is 17.8 Å². The van der Waals surface area contributed by atoms with Crippen molar-refractivity contribution in [2.45, 2.75) is 32.9 Å². The van der Waals surface area contributed by atoms with Crippen LogP contribution in [0.4, 0.5) is 10.5 Å². The van der Waals surface area contributed by atoms with Crippen LogP contribution >= 0.6 is 0 Å². The molecule has 0 aliphatic rings. The molecule has 0 unspecified atom stereocenters. The number of nitrogens with one attached hydrogen (secondary N) is 1. The first-order valence-electron chi connectivity index (χ1n) is 7.30. The first-order chi connectivity index (χ1) is 11.2. The fraction of sp³-hybridized carbons (Fsp3) is 0.294. The Morgan fingerprint density at radius 1 is 1.33 bits per heavy atom. The topological polar surface area (TPSA) is 108 Å². The van der Waals surface area contributed by atoms with Crippen molar-refractivity contribution < 1.29 is 19.7 Å². The highest BCUT2D eigenvalue weighted by atomic mass is 16.6. The molecule has 1 aromatic heterocycles. The SMILES string of the molecule is CC(C)(C)OC(=O)Nc1cc(O)n(Cc2cccc(C#N)c2)c1O. The zero-order chi connectivity index (χ0) is 17.9. The van der Waals surface area contributed by atoms with Gasteiger partial charge in [-0.2, -0.15) is 5.26 Å². The summed E-state index contributed by atoms with van der Waals surface area (Å²) in [6, 6.07) is 10.0. The summed E-state index contributed by atoms with van der Waals surface area (Å²) in [6.07, 6.45) is -0.735. The van der Waals surface area contributed by atoms with Gasteiger partial charge in [0.25, 0.3) is 0 Å². The second-order valence-corrected chi connectivity index (χ2v) is 6.27. The summed E-state index contributed by atoms with van der Waals surface area (Å²) in [5.74, 6) is -0.526. The second-order valence-electron chi connectivity index (χ2n) is 6.27. The van der Waals surface area contributed by atoms with Crippen molar-refractivity contribution in [3.05, 3.63) is 41.5 Å². The van der Waals surface area contributed by atoms with Gasteiger partial charge in [-0.1, -0.05) is 12.1 Å². The van der Waals surface area contributed by atoms with Crippen LogP contribution in [-0.4, -0.2) is 26.5 Å². The van der Waals surface area contributed by atoms with E-state index >= 15 is 0 Å². The summed E-state index contributed by atoms with van der Waals surface area (Å²) in [5, 5.41) is 31.5. The van der Waals surface area contributed by atoms with Crippen LogP contribution in [0.2, 0.25) is 0 Å². The molecule has 0 radical (unpaired) electrons. The summed E-state index contributed by atoms with van der Waals surface area (Å²) in [5.41, 5.74) is 0.560. The van der Waals surface area contributed by atoms with Crippen LogP contribution in [0.15, 0.2) is 30.3 Å². The maximum atomic E-state index is 11.8. The van der Waals surface area contributed by atoms with Crippen LogP contribution in [0.5, 0.6) is 11.8 Å². The van der Waals surface area contributed by atoms with E-state index in [-0.39, 0.29) is 24.0 Å². The third-order valence-electron chi connectivity index (χ3n) is 3.08. The molecule has 0 aliphatic carbocycles. The number of hydrogen-bond acceptors (Lipinski definition) is 5. The monoisotopic (exact) mass is 329 g/mol. The summed E-state index contributed by atoms with van der Waals surface area (Å²) in [4.78, 5) is 11.8. The van der Waals surface area contributed by atoms with Gasteiger partial charge in [0, 0.05) is 6.07 Å². The third kappa shape index (κ3) is 4.20. The molecule has 2 rings (SSSR count). The molecule has 7 nitrogen and oxygen atoms in total. The van der Waals surface area contributed by atoms with Gasteiger partial charge in [0.2, 0.25) is 5.88 Å². The minimum atomic E-state index is -0.735. The Labute approximate surface area is 139 Å². The molecule has 1 heterocycles. The zero-order valence-electron chi connectivity index (χ0n) is 13.7. The molecule has 2 aromatic rings. The van der Waals surface area contributed by atoms with E-state index in [0.29, 0.717) is 5.56 Å². The number of carbonyl (C=O) groups excluding carboxylic acids is 1. The average Bonchev–Trinajstić information content (AvgIpc) is 2.73. The van der Waals surface area contributed by atoms with Gasteiger partial charge in [0.05, 0.1) is 18.2 Å². The number of nitrogens with zero attached hydrogens (tertiary/aromatic N) is 2. The maximum absolute atomic E-state index is 11.8. The molecule has 0 atom stereocenters. The van der Waals surface area contributed by atoms with Gasteiger partial charge < -0.3 is 14.9 Å². The third-order valence-corrected chi connectivity index (χ3v) is 3.08. The number of rotatable bonds is 3. The van der Waals surface area contributed by atoms with Gasteiger partial charge >= 0.3 is 6.09 Å².